The van der Waals surface area contributed by atoms with Crippen molar-refractivity contribution in [2.75, 3.05) is 13.7 Å². The fourth-order valence-corrected chi connectivity index (χ4v) is 3.58. The number of aryl methyl sites for hydroxylation is 1. The van der Waals surface area contributed by atoms with Crippen molar-refractivity contribution < 1.29 is 4.74 Å². The van der Waals surface area contributed by atoms with Gasteiger partial charge in [0.15, 0.2) is 0 Å². The van der Waals surface area contributed by atoms with Crippen molar-refractivity contribution in [1.82, 2.24) is 15.1 Å². The first-order valence-corrected chi connectivity index (χ1v) is 8.45. The van der Waals surface area contributed by atoms with E-state index in [4.69, 9.17) is 4.74 Å². The minimum Gasteiger partial charge on any atom is -0.496 e. The Morgan fingerprint density at radius 3 is 2.90 bits per heavy atom. The third-order valence-corrected chi connectivity index (χ3v) is 4.71. The van der Waals surface area contributed by atoms with E-state index < -0.39 is 0 Å². The van der Waals surface area contributed by atoms with E-state index in [1.807, 2.05) is 16.3 Å². The molecule has 20 heavy (non-hydrogen) atoms. The molecule has 0 saturated heterocycles. The van der Waals surface area contributed by atoms with Crippen LogP contribution in [0.5, 0.6) is 5.75 Å². The Labute approximate surface area is 132 Å². The quantitative estimate of drug-likeness (QED) is 0.818. The average Bonchev–Trinajstić information content (AvgIpc) is 3.07. The molecule has 0 aliphatic rings. The zero-order valence-corrected chi connectivity index (χ0v) is 14.4. The summed E-state index contributed by atoms with van der Waals surface area (Å²) in [7, 11) is 1.70. The van der Waals surface area contributed by atoms with Gasteiger partial charge in [-0.1, -0.05) is 6.92 Å². The summed E-state index contributed by atoms with van der Waals surface area (Å²) < 4.78 is 8.38. The van der Waals surface area contributed by atoms with Crippen molar-refractivity contribution in [2.24, 2.45) is 0 Å². The van der Waals surface area contributed by atoms with E-state index in [2.05, 4.69) is 46.3 Å². The minimum absolute atomic E-state index is 0.140. The number of ether oxygens (including phenoxy) is 1. The van der Waals surface area contributed by atoms with Crippen molar-refractivity contribution in [1.29, 1.82) is 0 Å². The highest BCUT2D eigenvalue weighted by molar-refractivity contribution is 9.10. The molecule has 0 aliphatic heterocycles. The van der Waals surface area contributed by atoms with Gasteiger partial charge in [-0.3, -0.25) is 4.68 Å². The lowest BCUT2D eigenvalue weighted by atomic mass is 10.1. The second-order valence-corrected chi connectivity index (χ2v) is 6.27. The summed E-state index contributed by atoms with van der Waals surface area (Å²) in [5.74, 6) is 0.909. The maximum absolute atomic E-state index is 5.30. The average molecular weight is 358 g/mol. The lowest BCUT2D eigenvalue weighted by Gasteiger charge is -2.19. The number of aromatic nitrogens is 2. The first kappa shape index (κ1) is 15.5. The standard InChI is InChI=1S/C14H20BrN3OS/c1-4-6-16-13(12-7-10(19-3)9-20-12)14-11(15)8-17-18(14)5-2/h7-9,13,16H,4-6H2,1-3H3. The molecule has 1 atom stereocenters. The van der Waals surface area contributed by atoms with Gasteiger partial charge in [0.1, 0.15) is 5.75 Å². The van der Waals surface area contributed by atoms with E-state index in [1.54, 1.807) is 18.4 Å². The molecule has 110 valence electrons. The maximum atomic E-state index is 5.30. The molecule has 0 spiro atoms. The second-order valence-electron chi connectivity index (χ2n) is 4.47. The summed E-state index contributed by atoms with van der Waals surface area (Å²) >= 11 is 5.33. The second kappa shape index (κ2) is 7.24. The number of nitrogens with zero attached hydrogens (tertiary/aromatic N) is 2. The Kier molecular flexibility index (Phi) is 5.63. The summed E-state index contributed by atoms with van der Waals surface area (Å²) in [6.07, 6.45) is 2.96. The van der Waals surface area contributed by atoms with Gasteiger partial charge in [-0.2, -0.15) is 5.10 Å². The van der Waals surface area contributed by atoms with E-state index in [0.29, 0.717) is 0 Å². The SMILES string of the molecule is CCCNC(c1cc(OC)cs1)c1c(Br)cnn1CC. The van der Waals surface area contributed by atoms with Crippen molar-refractivity contribution in [2.45, 2.75) is 32.9 Å². The van der Waals surface area contributed by atoms with E-state index in [1.165, 1.54) is 10.6 Å². The molecular weight excluding hydrogens is 338 g/mol. The zero-order chi connectivity index (χ0) is 14.5. The first-order chi connectivity index (χ1) is 9.71. The number of methoxy groups -OCH3 is 1. The molecule has 2 rings (SSSR count). The van der Waals surface area contributed by atoms with Crippen LogP contribution in [0.4, 0.5) is 0 Å². The highest BCUT2D eigenvalue weighted by Crippen LogP contribution is 2.34. The molecule has 1 N–H and O–H groups in total. The number of hydrogen-bond donors (Lipinski definition) is 1. The van der Waals surface area contributed by atoms with Gasteiger partial charge in [-0.15, -0.1) is 11.3 Å². The van der Waals surface area contributed by atoms with Crippen LogP contribution in [0.15, 0.2) is 22.1 Å². The van der Waals surface area contributed by atoms with Crippen molar-refractivity contribution >= 4 is 27.3 Å². The van der Waals surface area contributed by atoms with Gasteiger partial charge in [-0.25, -0.2) is 0 Å². The Balaban J connectivity index is 2.38. The summed E-state index contributed by atoms with van der Waals surface area (Å²) in [6, 6.07) is 2.23. The number of halogens is 1. The zero-order valence-electron chi connectivity index (χ0n) is 12.0. The molecule has 0 aromatic carbocycles. The predicted molar refractivity (Wildman–Crippen MR) is 86.6 cm³/mol. The molecule has 2 aromatic heterocycles. The summed E-state index contributed by atoms with van der Waals surface area (Å²) in [6.45, 7) is 6.10. The normalized spacial score (nSPS) is 12.6. The van der Waals surface area contributed by atoms with Crippen LogP contribution >= 0.6 is 27.3 Å². The maximum Gasteiger partial charge on any atom is 0.129 e. The van der Waals surface area contributed by atoms with Crippen LogP contribution in [0.25, 0.3) is 0 Å². The largest absolute Gasteiger partial charge is 0.496 e. The highest BCUT2D eigenvalue weighted by Gasteiger charge is 2.22. The highest BCUT2D eigenvalue weighted by atomic mass is 79.9. The summed E-state index contributed by atoms with van der Waals surface area (Å²) in [5, 5.41) is 10.1. The first-order valence-electron chi connectivity index (χ1n) is 6.78. The van der Waals surface area contributed by atoms with Crippen LogP contribution in [-0.2, 0) is 6.54 Å². The number of hydrogen-bond acceptors (Lipinski definition) is 4. The minimum atomic E-state index is 0.140. The lowest BCUT2D eigenvalue weighted by molar-refractivity contribution is 0.416. The van der Waals surface area contributed by atoms with Crippen molar-refractivity contribution in [3.05, 3.63) is 32.7 Å². The van der Waals surface area contributed by atoms with Crippen LogP contribution < -0.4 is 10.1 Å². The van der Waals surface area contributed by atoms with E-state index in [-0.39, 0.29) is 6.04 Å². The fraction of sp³-hybridized carbons (Fsp3) is 0.500. The molecule has 2 aromatic rings. The third-order valence-electron chi connectivity index (χ3n) is 3.12. The van der Waals surface area contributed by atoms with Gasteiger partial charge in [-0.05, 0) is 41.9 Å². The molecule has 0 aliphatic carbocycles. The van der Waals surface area contributed by atoms with Gasteiger partial charge in [0.2, 0.25) is 0 Å². The Morgan fingerprint density at radius 2 is 2.30 bits per heavy atom. The van der Waals surface area contributed by atoms with Crippen LogP contribution in [0.3, 0.4) is 0 Å². The lowest BCUT2D eigenvalue weighted by Crippen LogP contribution is -2.25. The number of rotatable bonds is 7. The molecule has 0 bridgehead atoms. The number of nitrogens with one attached hydrogen (secondary N) is 1. The molecule has 4 nitrogen and oxygen atoms in total. The third kappa shape index (κ3) is 3.24. The van der Waals surface area contributed by atoms with Gasteiger partial charge in [0.25, 0.3) is 0 Å². The smallest absolute Gasteiger partial charge is 0.129 e. The van der Waals surface area contributed by atoms with E-state index >= 15 is 0 Å². The van der Waals surface area contributed by atoms with Gasteiger partial charge in [0.05, 0.1) is 29.5 Å². The van der Waals surface area contributed by atoms with Gasteiger partial charge >= 0.3 is 0 Å². The Morgan fingerprint density at radius 1 is 1.50 bits per heavy atom. The van der Waals surface area contributed by atoms with Crippen LogP contribution in [0.1, 0.15) is 36.9 Å². The van der Waals surface area contributed by atoms with Gasteiger partial charge < -0.3 is 10.1 Å². The topological polar surface area (TPSA) is 39.1 Å². The van der Waals surface area contributed by atoms with Crippen molar-refractivity contribution in [3.8, 4) is 5.75 Å². The van der Waals surface area contributed by atoms with Crippen LogP contribution in [0, 0.1) is 0 Å². The van der Waals surface area contributed by atoms with E-state index in [9.17, 15) is 0 Å². The predicted octanol–water partition coefficient (Wildman–Crippen LogP) is 3.82. The Hall–Kier alpha value is -0.850. The summed E-state index contributed by atoms with van der Waals surface area (Å²) in [5.41, 5.74) is 1.17. The van der Waals surface area contributed by atoms with Crippen LogP contribution in [0.2, 0.25) is 0 Å². The summed E-state index contributed by atoms with van der Waals surface area (Å²) in [4.78, 5) is 1.24. The monoisotopic (exact) mass is 357 g/mol. The van der Waals surface area contributed by atoms with E-state index in [0.717, 1.165) is 29.7 Å². The Bertz CT molecular complexity index is 552. The molecule has 0 amide bonds. The molecular formula is C14H20BrN3OS. The molecule has 2 heterocycles. The molecule has 6 heteroatoms. The van der Waals surface area contributed by atoms with Crippen LogP contribution in [-0.4, -0.2) is 23.4 Å². The fourth-order valence-electron chi connectivity index (χ4n) is 2.12. The molecule has 1 unspecified atom stereocenters. The van der Waals surface area contributed by atoms with Gasteiger partial charge in [0, 0.05) is 16.8 Å². The molecule has 0 fully saturated rings. The number of thiophene rings is 1. The molecule has 0 saturated carbocycles. The molecule has 0 radical (unpaired) electrons. The van der Waals surface area contributed by atoms with Crippen molar-refractivity contribution in [3.63, 3.8) is 0 Å².